The van der Waals surface area contributed by atoms with Crippen LogP contribution in [0.4, 0.5) is 10.3 Å². The first-order valence-electron chi connectivity index (χ1n) is 7.22. The lowest BCUT2D eigenvalue weighted by molar-refractivity contribution is -0.142. The van der Waals surface area contributed by atoms with E-state index in [9.17, 15) is 14.0 Å². The maximum Gasteiger partial charge on any atom is 0.308 e. The lowest BCUT2D eigenvalue weighted by Gasteiger charge is -2.18. The Hall–Kier alpha value is -2.77. The van der Waals surface area contributed by atoms with Crippen molar-refractivity contribution in [2.24, 2.45) is 5.92 Å². The molecule has 0 bridgehead atoms. The Morgan fingerprint density at radius 2 is 2.09 bits per heavy atom. The maximum atomic E-state index is 12.8. The van der Waals surface area contributed by atoms with Gasteiger partial charge in [0.25, 0.3) is 0 Å². The molecule has 0 radical (unpaired) electrons. The number of nitrogens with zero attached hydrogens (tertiary/aromatic N) is 3. The standard InChI is InChI=1S/C15H15FN4O3/c16-11-4-1-9(2-5-11)7-13(21)18-15-17-12-6-3-10(14(22)23)8-20(12)19-15/h1-2,4-5,10H,3,6-8H2,(H,22,23)(H,18,19,21). The number of anilines is 1. The number of carboxylic acid groups (broad SMARTS) is 1. The lowest BCUT2D eigenvalue weighted by atomic mass is 10.0. The zero-order chi connectivity index (χ0) is 16.4. The number of fused-ring (bicyclic) bond motifs is 1. The number of carbonyl (C=O) groups is 2. The molecule has 0 spiro atoms. The number of carboxylic acids is 1. The minimum Gasteiger partial charge on any atom is -0.481 e. The van der Waals surface area contributed by atoms with Gasteiger partial charge in [0.05, 0.1) is 18.9 Å². The van der Waals surface area contributed by atoms with Gasteiger partial charge >= 0.3 is 5.97 Å². The fourth-order valence-corrected chi connectivity index (χ4v) is 2.52. The summed E-state index contributed by atoms with van der Waals surface area (Å²) in [6.45, 7) is 0.255. The van der Waals surface area contributed by atoms with E-state index in [4.69, 9.17) is 5.11 Å². The van der Waals surface area contributed by atoms with Gasteiger partial charge in [0, 0.05) is 6.42 Å². The molecule has 1 aliphatic rings. The molecule has 0 saturated carbocycles. The molecule has 1 aliphatic heterocycles. The molecule has 1 unspecified atom stereocenters. The first-order chi connectivity index (χ1) is 11.0. The summed E-state index contributed by atoms with van der Waals surface area (Å²) in [5.74, 6) is -1.17. The summed E-state index contributed by atoms with van der Waals surface area (Å²) in [5.41, 5.74) is 0.679. The van der Waals surface area contributed by atoms with Crippen molar-refractivity contribution in [1.82, 2.24) is 14.8 Å². The van der Waals surface area contributed by atoms with E-state index in [-0.39, 0.29) is 30.6 Å². The van der Waals surface area contributed by atoms with Gasteiger partial charge in [-0.05, 0) is 24.1 Å². The van der Waals surface area contributed by atoms with E-state index in [0.717, 1.165) is 0 Å². The van der Waals surface area contributed by atoms with Crippen LogP contribution in [0.2, 0.25) is 0 Å². The van der Waals surface area contributed by atoms with Gasteiger partial charge in [-0.15, -0.1) is 5.10 Å². The molecule has 7 nitrogen and oxygen atoms in total. The van der Waals surface area contributed by atoms with Gasteiger partial charge in [0.1, 0.15) is 11.6 Å². The van der Waals surface area contributed by atoms with Crippen LogP contribution < -0.4 is 5.32 Å². The highest BCUT2D eigenvalue weighted by molar-refractivity contribution is 5.90. The van der Waals surface area contributed by atoms with E-state index in [0.29, 0.717) is 24.2 Å². The summed E-state index contributed by atoms with van der Waals surface area (Å²) in [6, 6.07) is 5.67. The summed E-state index contributed by atoms with van der Waals surface area (Å²) < 4.78 is 14.3. The van der Waals surface area contributed by atoms with Crippen molar-refractivity contribution < 1.29 is 19.1 Å². The van der Waals surface area contributed by atoms with Gasteiger partial charge in [-0.2, -0.15) is 4.98 Å². The van der Waals surface area contributed by atoms with Crippen LogP contribution in [0.25, 0.3) is 0 Å². The highest BCUT2D eigenvalue weighted by Crippen LogP contribution is 2.19. The second-order valence-corrected chi connectivity index (χ2v) is 5.46. The molecular weight excluding hydrogens is 303 g/mol. The molecule has 2 aromatic rings. The third-order valence-corrected chi connectivity index (χ3v) is 3.74. The zero-order valence-corrected chi connectivity index (χ0v) is 12.2. The van der Waals surface area contributed by atoms with Gasteiger partial charge < -0.3 is 5.11 Å². The number of amides is 1. The molecule has 2 N–H and O–H groups in total. The number of benzene rings is 1. The van der Waals surface area contributed by atoms with E-state index < -0.39 is 11.9 Å². The number of halogens is 1. The topological polar surface area (TPSA) is 97.1 Å². The Labute approximate surface area is 131 Å². The summed E-state index contributed by atoms with van der Waals surface area (Å²) in [4.78, 5) is 27.2. The van der Waals surface area contributed by atoms with Crippen LogP contribution in [0.15, 0.2) is 24.3 Å². The van der Waals surface area contributed by atoms with Crippen LogP contribution in [-0.2, 0) is 29.0 Å². The second kappa shape index (κ2) is 6.15. The average molecular weight is 318 g/mol. The molecule has 1 aromatic heterocycles. The minimum absolute atomic E-state index is 0.0852. The maximum absolute atomic E-state index is 12.8. The molecule has 1 atom stereocenters. The fourth-order valence-electron chi connectivity index (χ4n) is 2.52. The first kappa shape index (κ1) is 15.1. The molecule has 23 heavy (non-hydrogen) atoms. The number of aliphatic carboxylic acids is 1. The predicted molar refractivity (Wildman–Crippen MR) is 78.2 cm³/mol. The highest BCUT2D eigenvalue weighted by Gasteiger charge is 2.26. The van der Waals surface area contributed by atoms with Crippen molar-refractivity contribution in [2.45, 2.75) is 25.8 Å². The highest BCUT2D eigenvalue weighted by atomic mass is 19.1. The summed E-state index contributed by atoms with van der Waals surface area (Å²) in [7, 11) is 0. The van der Waals surface area contributed by atoms with Crippen LogP contribution in [0.3, 0.4) is 0 Å². The molecule has 8 heteroatoms. The lowest BCUT2D eigenvalue weighted by Crippen LogP contribution is -2.27. The quantitative estimate of drug-likeness (QED) is 0.884. The smallest absolute Gasteiger partial charge is 0.308 e. The first-order valence-corrected chi connectivity index (χ1v) is 7.22. The van der Waals surface area contributed by atoms with Crippen molar-refractivity contribution in [3.63, 3.8) is 0 Å². The molecule has 2 heterocycles. The SMILES string of the molecule is O=C(Cc1ccc(F)cc1)Nc1nc2n(n1)CC(C(=O)O)CC2. The third-order valence-electron chi connectivity index (χ3n) is 3.74. The van der Waals surface area contributed by atoms with Gasteiger partial charge in [0.2, 0.25) is 11.9 Å². The summed E-state index contributed by atoms with van der Waals surface area (Å²) in [6.07, 6.45) is 1.11. The molecule has 0 aliphatic carbocycles. The molecule has 3 rings (SSSR count). The van der Waals surface area contributed by atoms with Crippen LogP contribution in [0.1, 0.15) is 17.8 Å². The predicted octanol–water partition coefficient (Wildman–Crippen LogP) is 1.25. The van der Waals surface area contributed by atoms with Crippen molar-refractivity contribution in [2.75, 3.05) is 5.32 Å². The Morgan fingerprint density at radius 1 is 1.35 bits per heavy atom. The molecule has 1 aromatic carbocycles. The largest absolute Gasteiger partial charge is 0.481 e. The fraction of sp³-hybridized carbons (Fsp3) is 0.333. The van der Waals surface area contributed by atoms with E-state index in [2.05, 4.69) is 15.4 Å². The Kier molecular flexibility index (Phi) is 4.05. The van der Waals surface area contributed by atoms with Crippen molar-refractivity contribution in [3.05, 3.63) is 41.5 Å². The average Bonchev–Trinajstić information content (AvgIpc) is 2.90. The molecule has 0 saturated heterocycles. The van der Waals surface area contributed by atoms with Gasteiger partial charge in [-0.25, -0.2) is 9.07 Å². The molecule has 1 amide bonds. The summed E-state index contributed by atoms with van der Waals surface area (Å²) >= 11 is 0. The van der Waals surface area contributed by atoms with Gasteiger partial charge in [0.15, 0.2) is 0 Å². The van der Waals surface area contributed by atoms with Crippen LogP contribution in [-0.4, -0.2) is 31.7 Å². The van der Waals surface area contributed by atoms with Crippen molar-refractivity contribution >= 4 is 17.8 Å². The monoisotopic (exact) mass is 318 g/mol. The third kappa shape index (κ3) is 3.53. The molecule has 0 fully saturated rings. The Balaban J connectivity index is 1.64. The Bertz CT molecular complexity index is 742. The van der Waals surface area contributed by atoms with Crippen LogP contribution in [0, 0.1) is 11.7 Å². The number of carbonyl (C=O) groups excluding carboxylic acids is 1. The number of hydrogen-bond donors (Lipinski definition) is 2. The number of rotatable bonds is 4. The van der Waals surface area contributed by atoms with E-state index in [1.54, 1.807) is 0 Å². The summed E-state index contributed by atoms with van der Waals surface area (Å²) in [5, 5.41) is 15.8. The molecular formula is C15H15FN4O3. The number of aromatic nitrogens is 3. The number of aryl methyl sites for hydroxylation is 1. The van der Waals surface area contributed by atoms with E-state index in [1.165, 1.54) is 28.9 Å². The minimum atomic E-state index is -0.854. The number of nitrogens with one attached hydrogen (secondary N) is 1. The van der Waals surface area contributed by atoms with Crippen molar-refractivity contribution in [3.8, 4) is 0 Å². The second-order valence-electron chi connectivity index (χ2n) is 5.46. The molecule has 120 valence electrons. The van der Waals surface area contributed by atoms with Gasteiger partial charge in [-0.3, -0.25) is 14.9 Å². The zero-order valence-electron chi connectivity index (χ0n) is 12.2. The van der Waals surface area contributed by atoms with E-state index >= 15 is 0 Å². The normalized spacial score (nSPS) is 16.7. The Morgan fingerprint density at radius 3 is 2.78 bits per heavy atom. The van der Waals surface area contributed by atoms with Crippen LogP contribution in [0.5, 0.6) is 0 Å². The van der Waals surface area contributed by atoms with E-state index in [1.807, 2.05) is 0 Å². The van der Waals surface area contributed by atoms with Crippen molar-refractivity contribution in [1.29, 1.82) is 0 Å². The number of hydrogen-bond acceptors (Lipinski definition) is 4. The van der Waals surface area contributed by atoms with Crippen LogP contribution >= 0.6 is 0 Å². The van der Waals surface area contributed by atoms with Gasteiger partial charge in [-0.1, -0.05) is 12.1 Å².